The Hall–Kier alpha value is -1.67. The van der Waals surface area contributed by atoms with Gasteiger partial charge in [0, 0.05) is 18.1 Å². The van der Waals surface area contributed by atoms with Crippen molar-refractivity contribution in [2.75, 3.05) is 0 Å². The molecule has 2 aromatic rings. The first kappa shape index (κ1) is 12.8. The number of nitrogens with zero attached hydrogens (tertiary/aromatic N) is 5. The predicted octanol–water partition coefficient (Wildman–Crippen LogP) is 1.10. The second kappa shape index (κ2) is 5.78. The fourth-order valence-corrected chi connectivity index (χ4v) is 2.34. The number of carboxylic acid groups (broad SMARTS) is 1. The highest BCUT2D eigenvalue weighted by molar-refractivity contribution is 7.98. The summed E-state index contributed by atoms with van der Waals surface area (Å²) in [4.78, 5) is 14.5. The molecule has 0 atom stereocenters. The molecular weight excluding hydrogens is 278 g/mol. The van der Waals surface area contributed by atoms with Gasteiger partial charge in [-0.15, -0.1) is 5.10 Å². The molecule has 2 heterocycles. The molecule has 0 unspecified atom stereocenters. The summed E-state index contributed by atoms with van der Waals surface area (Å²) < 4.78 is 1.22. The maximum Gasteiger partial charge on any atom is 0.325 e. The van der Waals surface area contributed by atoms with Crippen LogP contribution in [0.4, 0.5) is 0 Å². The van der Waals surface area contributed by atoms with Crippen molar-refractivity contribution in [3.63, 3.8) is 0 Å². The highest BCUT2D eigenvalue weighted by Crippen LogP contribution is 2.24. The third kappa shape index (κ3) is 3.17. The molecule has 0 saturated carbocycles. The van der Waals surface area contributed by atoms with Gasteiger partial charge in [-0.2, -0.15) is 0 Å². The van der Waals surface area contributed by atoms with E-state index in [1.165, 1.54) is 16.4 Å². The van der Waals surface area contributed by atoms with E-state index in [0.717, 1.165) is 5.56 Å². The summed E-state index contributed by atoms with van der Waals surface area (Å²) in [6.07, 6.45) is 3.19. The summed E-state index contributed by atoms with van der Waals surface area (Å²) in [5.41, 5.74) is 0.890. The smallest absolute Gasteiger partial charge is 0.325 e. The van der Waals surface area contributed by atoms with E-state index < -0.39 is 5.97 Å². The van der Waals surface area contributed by atoms with Gasteiger partial charge in [-0.05, 0) is 22.1 Å². The van der Waals surface area contributed by atoms with Crippen LogP contribution in [-0.2, 0) is 17.1 Å². The van der Waals surface area contributed by atoms with Gasteiger partial charge in [0.2, 0.25) is 5.16 Å². The average molecular weight is 286 g/mol. The molecule has 9 heteroatoms. The van der Waals surface area contributed by atoms with E-state index in [0.29, 0.717) is 15.9 Å². The lowest BCUT2D eigenvalue weighted by Gasteiger charge is -2.03. The van der Waals surface area contributed by atoms with Gasteiger partial charge in [0.05, 0.1) is 5.02 Å². The normalized spacial score (nSPS) is 10.5. The Morgan fingerprint density at radius 1 is 1.56 bits per heavy atom. The minimum absolute atomic E-state index is 0.264. The molecule has 0 saturated heterocycles. The van der Waals surface area contributed by atoms with Crippen molar-refractivity contribution >= 4 is 29.3 Å². The monoisotopic (exact) mass is 285 g/mol. The van der Waals surface area contributed by atoms with Crippen LogP contribution in [0.15, 0.2) is 23.6 Å². The quantitative estimate of drug-likeness (QED) is 0.822. The molecule has 0 aromatic carbocycles. The summed E-state index contributed by atoms with van der Waals surface area (Å²) in [5.74, 6) is -0.451. The number of carbonyl (C=O) groups is 1. The first-order valence-corrected chi connectivity index (χ1v) is 6.22. The highest BCUT2D eigenvalue weighted by atomic mass is 35.5. The number of halogens is 1. The number of aliphatic carboxylic acids is 1. The molecule has 0 fully saturated rings. The average Bonchev–Trinajstić information content (AvgIpc) is 2.75. The second-order valence-electron chi connectivity index (χ2n) is 3.27. The van der Waals surface area contributed by atoms with Crippen LogP contribution < -0.4 is 0 Å². The Kier molecular flexibility index (Phi) is 4.11. The Morgan fingerprint density at radius 3 is 3.11 bits per heavy atom. The number of hydrogen-bond donors (Lipinski definition) is 1. The molecular formula is C9H8ClN5O2S. The Balaban J connectivity index is 2.05. The molecule has 0 amide bonds. The van der Waals surface area contributed by atoms with Crippen molar-refractivity contribution in [2.45, 2.75) is 17.5 Å². The second-order valence-corrected chi connectivity index (χ2v) is 4.62. The molecule has 94 valence electrons. The minimum Gasteiger partial charge on any atom is -0.480 e. The van der Waals surface area contributed by atoms with Gasteiger partial charge in [0.1, 0.15) is 6.54 Å². The van der Waals surface area contributed by atoms with Crippen LogP contribution in [0.1, 0.15) is 5.56 Å². The van der Waals surface area contributed by atoms with Crippen molar-refractivity contribution in [1.29, 1.82) is 0 Å². The number of aromatic nitrogens is 5. The molecule has 0 aliphatic carbocycles. The largest absolute Gasteiger partial charge is 0.480 e. The summed E-state index contributed by atoms with van der Waals surface area (Å²) >= 11 is 7.27. The van der Waals surface area contributed by atoms with Gasteiger partial charge in [-0.25, -0.2) is 4.68 Å². The maximum atomic E-state index is 10.6. The van der Waals surface area contributed by atoms with E-state index in [1.54, 1.807) is 18.5 Å². The lowest BCUT2D eigenvalue weighted by molar-refractivity contribution is -0.138. The van der Waals surface area contributed by atoms with Crippen LogP contribution >= 0.6 is 23.4 Å². The highest BCUT2D eigenvalue weighted by Gasteiger charge is 2.10. The van der Waals surface area contributed by atoms with Crippen molar-refractivity contribution in [1.82, 2.24) is 25.2 Å². The van der Waals surface area contributed by atoms with Crippen molar-refractivity contribution in [3.8, 4) is 0 Å². The van der Waals surface area contributed by atoms with E-state index in [1.807, 2.05) is 0 Å². The molecule has 1 N–H and O–H groups in total. The molecule has 0 aliphatic rings. The summed E-state index contributed by atoms with van der Waals surface area (Å²) in [5, 5.41) is 20.5. The van der Waals surface area contributed by atoms with Crippen LogP contribution in [-0.4, -0.2) is 36.3 Å². The summed E-state index contributed by atoms with van der Waals surface area (Å²) in [6, 6.07) is 1.79. The molecule has 2 rings (SSSR count). The SMILES string of the molecule is O=C(O)Cn1nnnc1SCc1ccncc1Cl. The summed E-state index contributed by atoms with van der Waals surface area (Å²) in [7, 11) is 0. The maximum absolute atomic E-state index is 10.6. The zero-order valence-electron chi connectivity index (χ0n) is 9.02. The van der Waals surface area contributed by atoms with Gasteiger partial charge >= 0.3 is 5.97 Å². The van der Waals surface area contributed by atoms with Gasteiger partial charge in [-0.1, -0.05) is 23.4 Å². The zero-order chi connectivity index (χ0) is 13.0. The van der Waals surface area contributed by atoms with Crippen LogP contribution in [0.5, 0.6) is 0 Å². The number of thioether (sulfide) groups is 1. The lowest BCUT2D eigenvalue weighted by Crippen LogP contribution is -2.11. The molecule has 0 aliphatic heterocycles. The van der Waals surface area contributed by atoms with Crippen LogP contribution in [0.3, 0.4) is 0 Å². The number of rotatable bonds is 5. The predicted molar refractivity (Wildman–Crippen MR) is 64.3 cm³/mol. The van der Waals surface area contributed by atoms with Crippen molar-refractivity contribution in [2.24, 2.45) is 0 Å². The van der Waals surface area contributed by atoms with Crippen molar-refractivity contribution in [3.05, 3.63) is 29.0 Å². The zero-order valence-corrected chi connectivity index (χ0v) is 10.6. The number of tetrazole rings is 1. The number of carboxylic acids is 1. The van der Waals surface area contributed by atoms with Gasteiger partial charge in [0.15, 0.2) is 0 Å². The third-order valence-electron chi connectivity index (χ3n) is 2.00. The molecule has 0 bridgehead atoms. The van der Waals surface area contributed by atoms with E-state index in [-0.39, 0.29) is 6.54 Å². The topological polar surface area (TPSA) is 93.8 Å². The summed E-state index contributed by atoms with van der Waals surface area (Å²) in [6.45, 7) is -0.264. The van der Waals surface area contributed by atoms with Gasteiger partial charge in [-0.3, -0.25) is 9.78 Å². The van der Waals surface area contributed by atoms with Crippen LogP contribution in [0, 0.1) is 0 Å². The lowest BCUT2D eigenvalue weighted by atomic mass is 10.3. The first-order chi connectivity index (χ1) is 8.66. The third-order valence-corrected chi connectivity index (χ3v) is 3.34. The Bertz CT molecular complexity index is 561. The van der Waals surface area contributed by atoms with Gasteiger partial charge in [0.25, 0.3) is 0 Å². The fourth-order valence-electron chi connectivity index (χ4n) is 1.19. The van der Waals surface area contributed by atoms with Crippen molar-refractivity contribution < 1.29 is 9.90 Å². The Morgan fingerprint density at radius 2 is 2.39 bits per heavy atom. The number of pyridine rings is 1. The first-order valence-electron chi connectivity index (χ1n) is 4.86. The van der Waals surface area contributed by atoms with E-state index in [4.69, 9.17) is 16.7 Å². The minimum atomic E-state index is -0.994. The molecule has 0 radical (unpaired) electrons. The van der Waals surface area contributed by atoms with Crippen LogP contribution in [0.2, 0.25) is 5.02 Å². The van der Waals surface area contributed by atoms with E-state index >= 15 is 0 Å². The van der Waals surface area contributed by atoms with Crippen LogP contribution in [0.25, 0.3) is 0 Å². The standard InChI is InChI=1S/C9H8ClN5O2S/c10-7-3-11-2-1-6(7)5-18-9-12-13-14-15(9)4-8(16)17/h1-3H,4-5H2,(H,16,17). The number of hydrogen-bond acceptors (Lipinski definition) is 6. The molecule has 7 nitrogen and oxygen atoms in total. The van der Waals surface area contributed by atoms with E-state index in [9.17, 15) is 4.79 Å². The Labute approximate surface area is 111 Å². The molecule has 18 heavy (non-hydrogen) atoms. The molecule has 2 aromatic heterocycles. The van der Waals surface area contributed by atoms with Gasteiger partial charge < -0.3 is 5.11 Å². The molecule has 0 spiro atoms. The fraction of sp³-hybridized carbons (Fsp3) is 0.222. The van der Waals surface area contributed by atoms with E-state index in [2.05, 4.69) is 20.5 Å².